The highest BCUT2D eigenvalue weighted by Crippen LogP contribution is 2.33. The number of carbonyl (C=O) groups is 2. The van der Waals surface area contributed by atoms with Crippen LogP contribution in [0.15, 0.2) is 12.1 Å². The maximum absolute atomic E-state index is 12.0. The molecule has 0 atom stereocenters. The summed E-state index contributed by atoms with van der Waals surface area (Å²) in [5, 5.41) is 0. The summed E-state index contributed by atoms with van der Waals surface area (Å²) >= 11 is 1.48. The van der Waals surface area contributed by atoms with Crippen LogP contribution in [0, 0.1) is 0 Å². The largest absolute Gasteiger partial charge is 0.465 e. The average Bonchev–Trinajstić information content (AvgIpc) is 2.94. The Balaban J connectivity index is 1.91. The van der Waals surface area contributed by atoms with Crippen LogP contribution in [0.3, 0.4) is 0 Å². The first-order chi connectivity index (χ1) is 10.3. The molecule has 1 amide bonds. The van der Waals surface area contributed by atoms with Crippen LogP contribution in [0.5, 0.6) is 0 Å². The summed E-state index contributed by atoms with van der Waals surface area (Å²) < 4.78 is 10.1. The molecule has 0 N–H and O–H groups in total. The van der Waals surface area contributed by atoms with E-state index in [2.05, 4.69) is 0 Å². The molecular weight excluding hydrogens is 302 g/mol. The second-order valence-electron chi connectivity index (χ2n) is 6.44. The minimum absolute atomic E-state index is 0.243. The molecule has 1 saturated heterocycles. The lowest BCUT2D eigenvalue weighted by atomic mass is 9.95. The van der Waals surface area contributed by atoms with Crippen molar-refractivity contribution >= 4 is 23.4 Å². The normalized spacial score (nSPS) is 16.5. The highest BCUT2D eigenvalue weighted by atomic mass is 32.1. The monoisotopic (exact) mass is 325 g/mol. The van der Waals surface area contributed by atoms with Crippen molar-refractivity contribution in [3.63, 3.8) is 0 Å². The lowest BCUT2D eigenvalue weighted by Gasteiger charge is -2.33. The Morgan fingerprint density at radius 2 is 1.86 bits per heavy atom. The molecule has 1 aliphatic heterocycles. The third-order valence-electron chi connectivity index (χ3n) is 3.56. The molecule has 0 radical (unpaired) electrons. The average molecular weight is 325 g/mol. The van der Waals surface area contributed by atoms with E-state index >= 15 is 0 Å². The summed E-state index contributed by atoms with van der Waals surface area (Å²) in [4.78, 5) is 27.1. The van der Waals surface area contributed by atoms with Gasteiger partial charge in [-0.2, -0.15) is 0 Å². The quantitative estimate of drug-likeness (QED) is 0.779. The van der Waals surface area contributed by atoms with E-state index in [1.165, 1.54) is 23.3 Å². The number of likely N-dealkylation sites (tertiary alicyclic amines) is 1. The van der Waals surface area contributed by atoms with Gasteiger partial charge in [-0.05, 0) is 51.7 Å². The predicted molar refractivity (Wildman–Crippen MR) is 85.4 cm³/mol. The van der Waals surface area contributed by atoms with E-state index in [0.717, 1.165) is 12.8 Å². The molecule has 122 valence electrons. The maximum atomic E-state index is 12.0. The number of amides is 1. The summed E-state index contributed by atoms with van der Waals surface area (Å²) in [6.45, 7) is 6.99. The number of hydrogen-bond acceptors (Lipinski definition) is 5. The van der Waals surface area contributed by atoms with Crippen molar-refractivity contribution in [3.05, 3.63) is 21.9 Å². The van der Waals surface area contributed by atoms with Crippen molar-refractivity contribution in [2.24, 2.45) is 0 Å². The molecular formula is C16H23NO4S. The van der Waals surface area contributed by atoms with Crippen molar-refractivity contribution in [1.29, 1.82) is 0 Å². The summed E-state index contributed by atoms with van der Waals surface area (Å²) in [5.74, 6) is 0.101. The lowest BCUT2D eigenvalue weighted by Crippen LogP contribution is -2.41. The standard InChI is InChI=1S/C16H23NO4S/c1-16(2,3)21-15(19)17-9-7-11(8-10-17)12-5-6-13(22-12)14(18)20-4/h5-6,11H,7-10H2,1-4H3. The van der Waals surface area contributed by atoms with Crippen LogP contribution >= 0.6 is 11.3 Å². The van der Waals surface area contributed by atoms with Gasteiger partial charge in [-0.25, -0.2) is 9.59 Å². The predicted octanol–water partition coefficient (Wildman–Crippen LogP) is 3.65. The molecule has 0 aliphatic carbocycles. The molecule has 5 nitrogen and oxygen atoms in total. The van der Waals surface area contributed by atoms with Gasteiger partial charge in [0, 0.05) is 18.0 Å². The van der Waals surface area contributed by atoms with E-state index in [4.69, 9.17) is 9.47 Å². The summed E-state index contributed by atoms with van der Waals surface area (Å²) in [5.41, 5.74) is -0.461. The number of methoxy groups -OCH3 is 1. The van der Waals surface area contributed by atoms with E-state index in [1.807, 2.05) is 32.9 Å². The SMILES string of the molecule is COC(=O)c1ccc(C2CCN(C(=O)OC(C)(C)C)CC2)s1. The number of rotatable bonds is 2. The zero-order chi connectivity index (χ0) is 16.3. The Morgan fingerprint density at radius 1 is 1.23 bits per heavy atom. The Hall–Kier alpha value is -1.56. The zero-order valence-corrected chi connectivity index (χ0v) is 14.4. The van der Waals surface area contributed by atoms with Crippen LogP contribution in [0.2, 0.25) is 0 Å². The van der Waals surface area contributed by atoms with Crippen molar-refractivity contribution < 1.29 is 19.1 Å². The minimum atomic E-state index is -0.461. The first kappa shape index (κ1) is 16.8. The Kier molecular flexibility index (Phi) is 5.11. The van der Waals surface area contributed by atoms with Gasteiger partial charge in [0.2, 0.25) is 0 Å². The number of piperidine rings is 1. The van der Waals surface area contributed by atoms with Crippen molar-refractivity contribution in [3.8, 4) is 0 Å². The van der Waals surface area contributed by atoms with Crippen LogP contribution in [-0.4, -0.2) is 42.8 Å². The van der Waals surface area contributed by atoms with Gasteiger partial charge >= 0.3 is 12.1 Å². The number of thiophene rings is 1. The number of hydrogen-bond donors (Lipinski definition) is 0. The van der Waals surface area contributed by atoms with Crippen molar-refractivity contribution in [2.45, 2.75) is 45.1 Å². The second kappa shape index (κ2) is 6.69. The fraction of sp³-hybridized carbons (Fsp3) is 0.625. The molecule has 1 fully saturated rings. The lowest BCUT2D eigenvalue weighted by molar-refractivity contribution is 0.0205. The van der Waals surface area contributed by atoms with Gasteiger partial charge in [-0.3, -0.25) is 0 Å². The van der Waals surface area contributed by atoms with Crippen LogP contribution in [0.4, 0.5) is 4.79 Å². The fourth-order valence-corrected chi connectivity index (χ4v) is 3.55. The Morgan fingerprint density at radius 3 is 2.41 bits per heavy atom. The highest BCUT2D eigenvalue weighted by Gasteiger charge is 2.28. The van der Waals surface area contributed by atoms with Gasteiger partial charge in [0.25, 0.3) is 0 Å². The second-order valence-corrected chi connectivity index (χ2v) is 7.55. The molecule has 0 aromatic carbocycles. The molecule has 2 heterocycles. The summed E-state index contributed by atoms with van der Waals surface area (Å²) in [6, 6.07) is 3.80. The molecule has 6 heteroatoms. The van der Waals surface area contributed by atoms with Gasteiger partial charge in [-0.1, -0.05) is 0 Å². The van der Waals surface area contributed by atoms with E-state index in [1.54, 1.807) is 4.90 Å². The van der Waals surface area contributed by atoms with Crippen molar-refractivity contribution in [2.75, 3.05) is 20.2 Å². The first-order valence-corrected chi connectivity index (χ1v) is 8.28. The highest BCUT2D eigenvalue weighted by molar-refractivity contribution is 7.14. The molecule has 0 saturated carbocycles. The Labute approximate surface area is 135 Å². The smallest absolute Gasteiger partial charge is 0.410 e. The third-order valence-corrected chi connectivity index (χ3v) is 4.79. The van der Waals surface area contributed by atoms with Crippen LogP contribution < -0.4 is 0 Å². The molecule has 1 aliphatic rings. The van der Waals surface area contributed by atoms with Crippen LogP contribution in [0.1, 0.15) is 54.1 Å². The molecule has 0 bridgehead atoms. The van der Waals surface area contributed by atoms with Gasteiger partial charge in [0.15, 0.2) is 0 Å². The molecule has 22 heavy (non-hydrogen) atoms. The topological polar surface area (TPSA) is 55.8 Å². The molecule has 1 aromatic rings. The van der Waals surface area contributed by atoms with Gasteiger partial charge < -0.3 is 14.4 Å². The fourth-order valence-electron chi connectivity index (χ4n) is 2.46. The molecule has 0 spiro atoms. The molecule has 2 rings (SSSR count). The van der Waals surface area contributed by atoms with Crippen molar-refractivity contribution in [1.82, 2.24) is 4.90 Å². The molecule has 1 aromatic heterocycles. The molecule has 0 unspecified atom stereocenters. The minimum Gasteiger partial charge on any atom is -0.465 e. The maximum Gasteiger partial charge on any atom is 0.410 e. The van der Waals surface area contributed by atoms with Crippen LogP contribution in [0.25, 0.3) is 0 Å². The number of ether oxygens (including phenoxy) is 2. The number of carbonyl (C=O) groups excluding carboxylic acids is 2. The third kappa shape index (κ3) is 4.22. The van der Waals surface area contributed by atoms with E-state index in [9.17, 15) is 9.59 Å². The van der Waals surface area contributed by atoms with Crippen LogP contribution in [-0.2, 0) is 9.47 Å². The number of nitrogens with zero attached hydrogens (tertiary/aromatic N) is 1. The van der Waals surface area contributed by atoms with Gasteiger partial charge in [0.1, 0.15) is 10.5 Å². The zero-order valence-electron chi connectivity index (χ0n) is 13.5. The van der Waals surface area contributed by atoms with Gasteiger partial charge in [-0.15, -0.1) is 11.3 Å². The van der Waals surface area contributed by atoms with E-state index < -0.39 is 5.60 Å². The van der Waals surface area contributed by atoms with E-state index in [0.29, 0.717) is 23.9 Å². The Bertz CT molecular complexity index is 539. The van der Waals surface area contributed by atoms with E-state index in [-0.39, 0.29) is 12.1 Å². The summed E-state index contributed by atoms with van der Waals surface area (Å²) in [7, 11) is 1.39. The summed E-state index contributed by atoms with van der Waals surface area (Å²) in [6.07, 6.45) is 1.54. The van der Waals surface area contributed by atoms with Gasteiger partial charge in [0.05, 0.1) is 7.11 Å². The first-order valence-electron chi connectivity index (χ1n) is 7.46. The number of esters is 1.